The standard InChI is InChI=1S/C14H19BrN2O2/c1-19-8-12(16)13(18)17-9-14(6-7-14)10-4-2-3-5-11(10)15/h2-5,12H,6-9,16H2,1H3,(H,17,18). The fourth-order valence-electron chi connectivity index (χ4n) is 2.23. The molecule has 1 atom stereocenters. The van der Waals surface area contributed by atoms with Crippen molar-refractivity contribution >= 4 is 21.8 Å². The van der Waals surface area contributed by atoms with Crippen molar-refractivity contribution in [3.8, 4) is 0 Å². The third-order valence-corrected chi connectivity index (χ3v) is 4.27. The summed E-state index contributed by atoms with van der Waals surface area (Å²) in [7, 11) is 1.54. The first-order valence-corrected chi connectivity index (χ1v) is 7.15. The Morgan fingerprint density at radius 3 is 2.79 bits per heavy atom. The number of hydrogen-bond donors (Lipinski definition) is 2. The zero-order valence-corrected chi connectivity index (χ0v) is 12.6. The van der Waals surface area contributed by atoms with E-state index >= 15 is 0 Å². The van der Waals surface area contributed by atoms with E-state index in [2.05, 4.69) is 27.3 Å². The van der Waals surface area contributed by atoms with Gasteiger partial charge in [-0.15, -0.1) is 0 Å². The molecule has 1 amide bonds. The Balaban J connectivity index is 1.96. The van der Waals surface area contributed by atoms with Gasteiger partial charge in [0.2, 0.25) is 5.91 Å². The van der Waals surface area contributed by atoms with Gasteiger partial charge in [0, 0.05) is 23.5 Å². The van der Waals surface area contributed by atoms with Crippen LogP contribution in [0, 0.1) is 0 Å². The average molecular weight is 327 g/mol. The zero-order valence-electron chi connectivity index (χ0n) is 11.0. The molecule has 1 unspecified atom stereocenters. The van der Waals surface area contributed by atoms with Gasteiger partial charge in [0.1, 0.15) is 6.04 Å². The molecule has 0 aliphatic heterocycles. The van der Waals surface area contributed by atoms with Crippen molar-refractivity contribution < 1.29 is 9.53 Å². The van der Waals surface area contributed by atoms with Crippen molar-refractivity contribution in [3.63, 3.8) is 0 Å². The van der Waals surface area contributed by atoms with E-state index in [1.54, 1.807) is 0 Å². The number of nitrogens with two attached hydrogens (primary N) is 1. The summed E-state index contributed by atoms with van der Waals surface area (Å²) in [5.41, 5.74) is 7.03. The largest absolute Gasteiger partial charge is 0.383 e. The first-order chi connectivity index (χ1) is 9.09. The molecule has 19 heavy (non-hydrogen) atoms. The predicted molar refractivity (Wildman–Crippen MR) is 77.9 cm³/mol. The first-order valence-electron chi connectivity index (χ1n) is 6.36. The lowest BCUT2D eigenvalue weighted by Gasteiger charge is -2.19. The Bertz CT molecular complexity index is 461. The summed E-state index contributed by atoms with van der Waals surface area (Å²) >= 11 is 3.58. The van der Waals surface area contributed by atoms with Crippen molar-refractivity contribution in [3.05, 3.63) is 34.3 Å². The van der Waals surface area contributed by atoms with E-state index in [1.807, 2.05) is 18.2 Å². The molecule has 1 saturated carbocycles. The number of rotatable bonds is 6. The van der Waals surface area contributed by atoms with Gasteiger partial charge < -0.3 is 15.8 Å². The molecule has 2 rings (SSSR count). The fourth-order valence-corrected chi connectivity index (χ4v) is 2.93. The maximum atomic E-state index is 11.8. The second kappa shape index (κ2) is 6.03. The zero-order chi connectivity index (χ0) is 13.9. The number of methoxy groups -OCH3 is 1. The molecule has 3 N–H and O–H groups in total. The highest BCUT2D eigenvalue weighted by Gasteiger charge is 2.45. The van der Waals surface area contributed by atoms with Gasteiger partial charge in [0.15, 0.2) is 0 Å². The minimum Gasteiger partial charge on any atom is -0.383 e. The van der Waals surface area contributed by atoms with E-state index in [9.17, 15) is 4.79 Å². The molecule has 0 heterocycles. The highest BCUT2D eigenvalue weighted by Crippen LogP contribution is 2.49. The number of carbonyl (C=O) groups is 1. The molecule has 1 aromatic carbocycles. The number of nitrogens with one attached hydrogen (secondary N) is 1. The maximum Gasteiger partial charge on any atom is 0.239 e. The Kier molecular flexibility index (Phi) is 4.60. The van der Waals surface area contributed by atoms with Crippen LogP contribution in [0.3, 0.4) is 0 Å². The molecule has 0 radical (unpaired) electrons. The van der Waals surface area contributed by atoms with E-state index in [-0.39, 0.29) is 17.9 Å². The molecule has 4 nitrogen and oxygen atoms in total. The van der Waals surface area contributed by atoms with Gasteiger partial charge in [-0.2, -0.15) is 0 Å². The molecule has 104 valence electrons. The lowest BCUT2D eigenvalue weighted by molar-refractivity contribution is -0.123. The maximum absolute atomic E-state index is 11.8. The lowest BCUT2D eigenvalue weighted by Crippen LogP contribution is -2.45. The lowest BCUT2D eigenvalue weighted by atomic mass is 9.96. The van der Waals surface area contributed by atoms with Crippen LogP contribution in [-0.4, -0.2) is 32.2 Å². The number of hydrogen-bond acceptors (Lipinski definition) is 3. The number of benzene rings is 1. The monoisotopic (exact) mass is 326 g/mol. The minimum atomic E-state index is -0.597. The smallest absolute Gasteiger partial charge is 0.239 e. The van der Waals surface area contributed by atoms with Gasteiger partial charge >= 0.3 is 0 Å². The molecular formula is C14H19BrN2O2. The Morgan fingerprint density at radius 2 is 2.21 bits per heavy atom. The van der Waals surface area contributed by atoms with Crippen molar-refractivity contribution in [2.75, 3.05) is 20.3 Å². The normalized spacial score (nSPS) is 17.8. The molecular weight excluding hydrogens is 308 g/mol. The van der Waals surface area contributed by atoms with E-state index in [4.69, 9.17) is 10.5 Å². The van der Waals surface area contributed by atoms with Gasteiger partial charge in [-0.3, -0.25) is 4.79 Å². The van der Waals surface area contributed by atoms with Crippen LogP contribution in [-0.2, 0) is 14.9 Å². The van der Waals surface area contributed by atoms with Gasteiger partial charge in [-0.05, 0) is 24.5 Å². The van der Waals surface area contributed by atoms with Crippen molar-refractivity contribution in [2.45, 2.75) is 24.3 Å². The van der Waals surface area contributed by atoms with E-state index < -0.39 is 6.04 Å². The Labute approximate surface area is 121 Å². The highest BCUT2D eigenvalue weighted by molar-refractivity contribution is 9.10. The fraction of sp³-hybridized carbons (Fsp3) is 0.500. The SMILES string of the molecule is COCC(N)C(=O)NCC1(c2ccccc2Br)CC1. The highest BCUT2D eigenvalue weighted by atomic mass is 79.9. The molecule has 1 aliphatic rings. The van der Waals surface area contributed by atoms with Crippen LogP contribution >= 0.6 is 15.9 Å². The summed E-state index contributed by atoms with van der Waals surface area (Å²) < 4.78 is 5.98. The number of carbonyl (C=O) groups excluding carboxylic acids is 1. The second-order valence-electron chi connectivity index (χ2n) is 5.04. The summed E-state index contributed by atoms with van der Waals surface area (Å²) in [6, 6.07) is 7.57. The van der Waals surface area contributed by atoms with Crippen LogP contribution in [0.15, 0.2) is 28.7 Å². The average Bonchev–Trinajstić information content (AvgIpc) is 3.18. The van der Waals surface area contributed by atoms with Crippen molar-refractivity contribution in [1.82, 2.24) is 5.32 Å². The third kappa shape index (κ3) is 3.35. The quantitative estimate of drug-likeness (QED) is 0.834. The molecule has 1 fully saturated rings. The molecule has 0 saturated heterocycles. The van der Waals surface area contributed by atoms with Crippen LogP contribution < -0.4 is 11.1 Å². The first kappa shape index (κ1) is 14.5. The molecule has 1 aliphatic carbocycles. The van der Waals surface area contributed by atoms with E-state index in [0.717, 1.165) is 17.3 Å². The molecule has 0 bridgehead atoms. The van der Waals surface area contributed by atoms with Gasteiger partial charge in [0.05, 0.1) is 6.61 Å². The van der Waals surface area contributed by atoms with E-state index in [0.29, 0.717) is 6.54 Å². The summed E-state index contributed by atoms with van der Waals surface area (Å²) in [6.45, 7) is 0.875. The molecule has 1 aromatic rings. The van der Waals surface area contributed by atoms with Crippen LogP contribution in [0.25, 0.3) is 0 Å². The Morgan fingerprint density at radius 1 is 1.53 bits per heavy atom. The van der Waals surface area contributed by atoms with Gasteiger partial charge in [-0.1, -0.05) is 34.1 Å². The van der Waals surface area contributed by atoms with Crippen molar-refractivity contribution in [2.24, 2.45) is 5.73 Å². The van der Waals surface area contributed by atoms with Gasteiger partial charge in [0.25, 0.3) is 0 Å². The predicted octanol–water partition coefficient (Wildman–Crippen LogP) is 1.57. The minimum absolute atomic E-state index is 0.0720. The van der Waals surface area contributed by atoms with Crippen LogP contribution in [0.2, 0.25) is 0 Å². The van der Waals surface area contributed by atoms with Crippen LogP contribution in [0.5, 0.6) is 0 Å². The molecule has 5 heteroatoms. The third-order valence-electron chi connectivity index (χ3n) is 3.58. The van der Waals surface area contributed by atoms with Gasteiger partial charge in [-0.25, -0.2) is 0 Å². The van der Waals surface area contributed by atoms with Crippen LogP contribution in [0.1, 0.15) is 18.4 Å². The second-order valence-corrected chi connectivity index (χ2v) is 5.89. The number of amides is 1. The number of halogens is 1. The summed E-state index contributed by atoms with van der Waals surface area (Å²) in [5.74, 6) is -0.153. The molecule has 0 spiro atoms. The topological polar surface area (TPSA) is 64.3 Å². The summed E-state index contributed by atoms with van der Waals surface area (Å²) in [4.78, 5) is 11.8. The molecule has 0 aromatic heterocycles. The van der Waals surface area contributed by atoms with Crippen molar-refractivity contribution in [1.29, 1.82) is 0 Å². The number of ether oxygens (including phenoxy) is 1. The van der Waals surface area contributed by atoms with E-state index in [1.165, 1.54) is 12.7 Å². The Hall–Kier alpha value is -0.910. The summed E-state index contributed by atoms with van der Waals surface area (Å²) in [6.07, 6.45) is 2.19. The summed E-state index contributed by atoms with van der Waals surface area (Å²) in [5, 5.41) is 2.93. The van der Waals surface area contributed by atoms with Crippen LogP contribution in [0.4, 0.5) is 0 Å².